The molecule has 1 aromatic rings. The maximum atomic E-state index is 6.05. The molecule has 0 saturated heterocycles. The molecule has 0 amide bonds. The molecule has 14 heavy (non-hydrogen) atoms. The monoisotopic (exact) mass is 232 g/mol. The normalized spacial score (nSPS) is 14.1. The molecule has 1 aromatic heterocycles. The quantitative estimate of drug-likeness (QED) is 0.754. The molecule has 0 radical (unpaired) electrons. The third-order valence-electron chi connectivity index (χ3n) is 2.11. The van der Waals surface area contributed by atoms with Crippen LogP contribution in [0.1, 0.15) is 32.4 Å². The fourth-order valence-corrected chi connectivity index (χ4v) is 1.38. The summed E-state index contributed by atoms with van der Waals surface area (Å²) in [6.45, 7) is 6.21. The lowest BCUT2D eigenvalue weighted by Crippen LogP contribution is -2.26. The summed E-state index contributed by atoms with van der Waals surface area (Å²) in [5.74, 6) is 0. The van der Waals surface area contributed by atoms with Crippen LogP contribution in [0.3, 0.4) is 0 Å². The van der Waals surface area contributed by atoms with Crippen molar-refractivity contribution in [1.29, 1.82) is 0 Å². The van der Waals surface area contributed by atoms with Crippen molar-refractivity contribution in [1.82, 2.24) is 4.98 Å². The Hall–Kier alpha value is -0.310. The topological polar surface area (TPSA) is 38.9 Å². The molecule has 0 aromatic carbocycles. The van der Waals surface area contributed by atoms with Gasteiger partial charge in [-0.3, -0.25) is 0 Å². The molecule has 2 nitrogen and oxygen atoms in total. The van der Waals surface area contributed by atoms with Gasteiger partial charge in [0.25, 0.3) is 0 Å². The molecule has 0 aliphatic carbocycles. The van der Waals surface area contributed by atoms with E-state index in [-0.39, 0.29) is 11.5 Å². The van der Waals surface area contributed by atoms with Crippen molar-refractivity contribution in [2.24, 2.45) is 11.1 Å². The highest BCUT2D eigenvalue weighted by Crippen LogP contribution is 2.32. The van der Waals surface area contributed by atoms with Crippen molar-refractivity contribution in [3.05, 3.63) is 28.0 Å². The van der Waals surface area contributed by atoms with Gasteiger partial charge in [0.2, 0.25) is 0 Å². The molecule has 0 bridgehead atoms. The van der Waals surface area contributed by atoms with Gasteiger partial charge in [0.05, 0.1) is 5.02 Å². The van der Waals surface area contributed by atoms with Crippen LogP contribution in [0.5, 0.6) is 0 Å². The second-order valence-corrected chi connectivity index (χ2v) is 5.15. The van der Waals surface area contributed by atoms with Crippen molar-refractivity contribution in [2.75, 3.05) is 0 Å². The van der Waals surface area contributed by atoms with Gasteiger partial charge in [-0.2, -0.15) is 0 Å². The largest absolute Gasteiger partial charge is 0.323 e. The van der Waals surface area contributed by atoms with Crippen LogP contribution in [-0.2, 0) is 0 Å². The Balaban J connectivity index is 3.03. The third-order valence-corrected chi connectivity index (χ3v) is 2.80. The molecule has 0 spiro atoms. The van der Waals surface area contributed by atoms with Gasteiger partial charge in [-0.15, -0.1) is 0 Å². The van der Waals surface area contributed by atoms with Crippen LogP contribution < -0.4 is 5.73 Å². The highest BCUT2D eigenvalue weighted by molar-refractivity contribution is 6.41. The SMILES string of the molecule is CC(C)(C)[C@H](N)c1cnc(Cl)c(Cl)c1. The number of aromatic nitrogens is 1. The number of rotatable bonds is 1. The summed E-state index contributed by atoms with van der Waals surface area (Å²) in [4.78, 5) is 3.97. The molecule has 0 aliphatic heterocycles. The average molecular weight is 233 g/mol. The van der Waals surface area contributed by atoms with Crippen LogP contribution in [0, 0.1) is 5.41 Å². The molecule has 0 saturated carbocycles. The predicted molar refractivity (Wildman–Crippen MR) is 60.6 cm³/mol. The standard InChI is InChI=1S/C10H14Cl2N2/c1-10(2,3)8(13)6-4-7(11)9(12)14-5-6/h4-5,8H,13H2,1-3H3/t8-/m1/s1. The Labute approximate surface area is 94.4 Å². The van der Waals surface area contributed by atoms with Crippen LogP contribution in [0.2, 0.25) is 10.2 Å². The summed E-state index contributed by atoms with van der Waals surface area (Å²) in [7, 11) is 0. The van der Waals surface area contributed by atoms with Gasteiger partial charge in [-0.1, -0.05) is 44.0 Å². The number of halogens is 2. The lowest BCUT2D eigenvalue weighted by atomic mass is 9.84. The summed E-state index contributed by atoms with van der Waals surface area (Å²) in [6.07, 6.45) is 1.67. The van der Waals surface area contributed by atoms with Gasteiger partial charge < -0.3 is 5.73 Å². The number of pyridine rings is 1. The lowest BCUT2D eigenvalue weighted by Gasteiger charge is -2.27. The molecular formula is C10H14Cl2N2. The summed E-state index contributed by atoms with van der Waals surface area (Å²) in [6, 6.07) is 1.68. The molecule has 0 aliphatic rings. The van der Waals surface area contributed by atoms with E-state index in [1.54, 1.807) is 12.3 Å². The first-order valence-corrected chi connectivity index (χ1v) is 5.14. The van der Waals surface area contributed by atoms with Crippen molar-refractivity contribution in [3.63, 3.8) is 0 Å². The van der Waals surface area contributed by atoms with E-state index in [1.165, 1.54) is 0 Å². The minimum absolute atomic E-state index is 0.0150. The summed E-state index contributed by atoms with van der Waals surface area (Å²) in [5.41, 5.74) is 6.94. The zero-order valence-electron chi connectivity index (χ0n) is 8.51. The molecule has 1 atom stereocenters. The van der Waals surface area contributed by atoms with E-state index in [2.05, 4.69) is 25.8 Å². The van der Waals surface area contributed by atoms with Gasteiger partial charge in [0, 0.05) is 12.2 Å². The molecular weight excluding hydrogens is 219 g/mol. The van der Waals surface area contributed by atoms with Gasteiger partial charge in [0.15, 0.2) is 0 Å². The van der Waals surface area contributed by atoms with Crippen LogP contribution in [0.4, 0.5) is 0 Å². The Bertz CT molecular complexity index is 331. The van der Waals surface area contributed by atoms with E-state index >= 15 is 0 Å². The van der Waals surface area contributed by atoms with Gasteiger partial charge >= 0.3 is 0 Å². The van der Waals surface area contributed by atoms with Crippen molar-refractivity contribution in [3.8, 4) is 0 Å². The van der Waals surface area contributed by atoms with Crippen molar-refractivity contribution >= 4 is 23.2 Å². The van der Waals surface area contributed by atoms with E-state index in [0.29, 0.717) is 10.2 Å². The summed E-state index contributed by atoms with van der Waals surface area (Å²) >= 11 is 11.6. The van der Waals surface area contributed by atoms with Crippen LogP contribution in [-0.4, -0.2) is 4.98 Å². The fourth-order valence-electron chi connectivity index (χ4n) is 1.11. The molecule has 2 N–H and O–H groups in total. The Morgan fingerprint density at radius 2 is 1.93 bits per heavy atom. The molecule has 0 fully saturated rings. The lowest BCUT2D eigenvalue weighted by molar-refractivity contribution is 0.326. The Morgan fingerprint density at radius 3 is 2.36 bits per heavy atom. The highest BCUT2D eigenvalue weighted by atomic mass is 35.5. The van der Waals surface area contributed by atoms with Gasteiger partial charge in [0.1, 0.15) is 5.15 Å². The average Bonchev–Trinajstić information content (AvgIpc) is 2.07. The zero-order chi connectivity index (χ0) is 10.9. The van der Waals surface area contributed by atoms with Crippen LogP contribution in [0.25, 0.3) is 0 Å². The Morgan fingerprint density at radius 1 is 1.36 bits per heavy atom. The molecule has 4 heteroatoms. The third kappa shape index (κ3) is 2.59. The molecule has 78 valence electrons. The first kappa shape index (κ1) is 11.8. The smallest absolute Gasteiger partial charge is 0.147 e. The second-order valence-electron chi connectivity index (χ2n) is 4.38. The molecule has 1 rings (SSSR count). The number of hydrogen-bond acceptors (Lipinski definition) is 2. The minimum atomic E-state index is -0.0928. The number of nitrogens with two attached hydrogens (primary N) is 1. The summed E-state index contributed by atoms with van der Waals surface area (Å²) < 4.78 is 0. The van der Waals surface area contributed by atoms with E-state index in [0.717, 1.165) is 5.56 Å². The zero-order valence-corrected chi connectivity index (χ0v) is 10.0. The van der Waals surface area contributed by atoms with Crippen molar-refractivity contribution in [2.45, 2.75) is 26.8 Å². The summed E-state index contributed by atoms with van der Waals surface area (Å²) in [5, 5.41) is 0.764. The highest BCUT2D eigenvalue weighted by Gasteiger charge is 2.22. The van der Waals surface area contributed by atoms with Gasteiger partial charge in [-0.05, 0) is 17.0 Å². The number of hydrogen-bond donors (Lipinski definition) is 1. The minimum Gasteiger partial charge on any atom is -0.323 e. The van der Waals surface area contributed by atoms with E-state index in [1.807, 2.05) is 0 Å². The first-order chi connectivity index (χ1) is 6.32. The number of nitrogens with zero attached hydrogens (tertiary/aromatic N) is 1. The maximum Gasteiger partial charge on any atom is 0.147 e. The fraction of sp³-hybridized carbons (Fsp3) is 0.500. The van der Waals surface area contributed by atoms with Crippen LogP contribution >= 0.6 is 23.2 Å². The predicted octanol–water partition coefficient (Wildman–Crippen LogP) is 3.43. The molecule has 1 heterocycles. The van der Waals surface area contributed by atoms with E-state index < -0.39 is 0 Å². The molecule has 0 unspecified atom stereocenters. The maximum absolute atomic E-state index is 6.05. The van der Waals surface area contributed by atoms with E-state index in [4.69, 9.17) is 28.9 Å². The van der Waals surface area contributed by atoms with Gasteiger partial charge in [-0.25, -0.2) is 4.98 Å². The van der Waals surface area contributed by atoms with Crippen LogP contribution in [0.15, 0.2) is 12.3 Å². The Kier molecular flexibility index (Phi) is 3.40. The second kappa shape index (κ2) is 4.05. The first-order valence-electron chi connectivity index (χ1n) is 4.39. The van der Waals surface area contributed by atoms with Crippen molar-refractivity contribution < 1.29 is 0 Å². The van der Waals surface area contributed by atoms with E-state index in [9.17, 15) is 0 Å².